The van der Waals surface area contributed by atoms with Crippen LogP contribution in [0.15, 0.2) is 21.9 Å². The lowest BCUT2D eigenvalue weighted by atomic mass is 9.93. The van der Waals surface area contributed by atoms with Crippen molar-refractivity contribution in [2.24, 2.45) is 0 Å². The summed E-state index contributed by atoms with van der Waals surface area (Å²) < 4.78 is 29.0. The molecule has 3 rings (SSSR count). The Morgan fingerprint density at radius 2 is 1.62 bits per heavy atom. The zero-order chi connectivity index (χ0) is 25.2. The van der Waals surface area contributed by atoms with Crippen molar-refractivity contribution in [3.63, 3.8) is 0 Å². The molecule has 2 aliphatic rings. The van der Waals surface area contributed by atoms with E-state index in [2.05, 4.69) is 0 Å². The monoisotopic (exact) mass is 512 g/mol. The lowest BCUT2D eigenvalue weighted by Gasteiger charge is -2.40. The number of aliphatic hydroxyl groups excluding tert-OH is 6. The van der Waals surface area contributed by atoms with Crippen LogP contribution in [0.5, 0.6) is 0 Å². The van der Waals surface area contributed by atoms with Gasteiger partial charge >= 0.3 is 13.3 Å². The molecule has 0 bridgehead atoms. The summed E-state index contributed by atoms with van der Waals surface area (Å²) >= 11 is 0. The van der Waals surface area contributed by atoms with Crippen LogP contribution in [0, 0.1) is 0 Å². The van der Waals surface area contributed by atoms with Gasteiger partial charge in [0.2, 0.25) is 0 Å². The molecule has 0 amide bonds. The third-order valence-corrected chi connectivity index (χ3v) is 7.26. The Labute approximate surface area is 192 Å². The van der Waals surface area contributed by atoms with E-state index in [1.54, 1.807) is 0 Å². The minimum atomic E-state index is -4.22. The predicted octanol–water partition coefficient (Wildman–Crippen LogP) is -4.02. The number of H-pyrrole nitrogens is 1. The molecule has 8 N–H and O–H groups in total. The Morgan fingerprint density at radius 3 is 2.26 bits per heavy atom. The molecule has 0 radical (unpaired) electrons. The number of ether oxygens (including phenoxy) is 2. The molecule has 3 heterocycles. The van der Waals surface area contributed by atoms with E-state index in [0.717, 1.165) is 16.8 Å². The first-order valence-corrected chi connectivity index (χ1v) is 12.3. The van der Waals surface area contributed by atoms with Crippen molar-refractivity contribution in [2.75, 3.05) is 19.4 Å². The van der Waals surface area contributed by atoms with Gasteiger partial charge in [-0.3, -0.25) is 18.9 Å². The third-order valence-electron chi connectivity index (χ3n) is 5.82. The molecule has 1 unspecified atom stereocenters. The van der Waals surface area contributed by atoms with E-state index >= 15 is 0 Å². The first kappa shape index (κ1) is 27.1. The highest BCUT2D eigenvalue weighted by Crippen LogP contribution is 2.44. The smallest absolute Gasteiger partial charge is 0.330 e. The molecule has 0 aromatic carbocycles. The second kappa shape index (κ2) is 11.1. The molecule has 15 nitrogen and oxygen atoms in total. The van der Waals surface area contributed by atoms with E-state index in [-0.39, 0.29) is 12.8 Å². The number of hydrogen-bond donors (Lipinski definition) is 8. The van der Waals surface area contributed by atoms with Gasteiger partial charge in [-0.25, -0.2) is 4.79 Å². The summed E-state index contributed by atoms with van der Waals surface area (Å²) in [6, 6.07) is 1.02. The van der Waals surface area contributed by atoms with Crippen LogP contribution in [0.3, 0.4) is 0 Å². The quantitative estimate of drug-likeness (QED) is 0.147. The molecular formula is C18H29N2O13P. The highest BCUT2D eigenvalue weighted by molar-refractivity contribution is 7.52. The zero-order valence-electron chi connectivity index (χ0n) is 17.9. The first-order valence-electron chi connectivity index (χ1n) is 10.5. The predicted molar refractivity (Wildman–Crippen MR) is 111 cm³/mol. The van der Waals surface area contributed by atoms with Gasteiger partial charge in [0.05, 0.1) is 25.5 Å². The Bertz CT molecular complexity index is 983. The van der Waals surface area contributed by atoms with Crippen molar-refractivity contribution in [3.8, 4) is 0 Å². The van der Waals surface area contributed by atoms with Crippen molar-refractivity contribution < 1.29 is 54.1 Å². The molecule has 2 aliphatic heterocycles. The van der Waals surface area contributed by atoms with E-state index < -0.39 is 93.3 Å². The van der Waals surface area contributed by atoms with E-state index in [1.807, 2.05) is 4.98 Å². The average molecular weight is 512 g/mol. The molecule has 194 valence electrons. The molecule has 1 aromatic heterocycles. The number of rotatable bonds is 9. The minimum Gasteiger partial charge on any atom is -0.394 e. The second-order valence-electron chi connectivity index (χ2n) is 8.23. The van der Waals surface area contributed by atoms with Gasteiger partial charge in [-0.15, -0.1) is 0 Å². The maximum Gasteiger partial charge on any atom is 0.330 e. The molecule has 0 aliphatic carbocycles. The van der Waals surface area contributed by atoms with Crippen LogP contribution < -0.4 is 11.2 Å². The van der Waals surface area contributed by atoms with Gasteiger partial charge in [0.15, 0.2) is 6.23 Å². The minimum absolute atomic E-state index is 0.00255. The van der Waals surface area contributed by atoms with Crippen LogP contribution in [0.2, 0.25) is 0 Å². The summed E-state index contributed by atoms with van der Waals surface area (Å²) in [6.45, 7) is -1.19. The number of nitrogens with zero attached hydrogens (tertiary/aromatic N) is 1. The molecular weight excluding hydrogens is 483 g/mol. The lowest BCUT2D eigenvalue weighted by Crippen LogP contribution is -2.58. The zero-order valence-corrected chi connectivity index (χ0v) is 18.8. The summed E-state index contributed by atoms with van der Waals surface area (Å²) in [5, 5.41) is 59.2. The van der Waals surface area contributed by atoms with Crippen LogP contribution in [0.4, 0.5) is 0 Å². The Morgan fingerprint density at radius 1 is 0.971 bits per heavy atom. The SMILES string of the molecule is O=c1ccn([C@@H]2O[C@H](COP(=O)(O)CCC[C@H]3O[C@H](CO)[C@H](O)[C@H](O)[C@H]3O)[C@@H](O)[C@H]2O)c(=O)[nH]1. The molecule has 1 aromatic rings. The van der Waals surface area contributed by atoms with Crippen molar-refractivity contribution in [1.82, 2.24) is 9.55 Å². The van der Waals surface area contributed by atoms with E-state index in [1.165, 1.54) is 0 Å². The van der Waals surface area contributed by atoms with Crippen LogP contribution in [-0.4, -0.2) is 113 Å². The van der Waals surface area contributed by atoms with Crippen molar-refractivity contribution in [2.45, 2.75) is 67.9 Å². The fourth-order valence-corrected chi connectivity index (χ4v) is 4.98. The fourth-order valence-electron chi connectivity index (χ4n) is 3.89. The molecule has 34 heavy (non-hydrogen) atoms. The molecule has 2 saturated heterocycles. The molecule has 0 spiro atoms. The highest BCUT2D eigenvalue weighted by atomic mass is 31.2. The van der Waals surface area contributed by atoms with Gasteiger partial charge in [-0.1, -0.05) is 0 Å². The van der Waals surface area contributed by atoms with E-state index in [4.69, 9.17) is 14.0 Å². The summed E-state index contributed by atoms with van der Waals surface area (Å²) in [7, 11) is -4.22. The molecule has 10 atom stereocenters. The second-order valence-corrected chi connectivity index (χ2v) is 10.2. The normalized spacial score (nSPS) is 38.0. The van der Waals surface area contributed by atoms with Crippen LogP contribution in [0.1, 0.15) is 19.1 Å². The molecule has 16 heteroatoms. The van der Waals surface area contributed by atoms with Gasteiger partial charge in [0, 0.05) is 12.3 Å². The number of aromatic amines is 1. The largest absolute Gasteiger partial charge is 0.394 e. The van der Waals surface area contributed by atoms with Crippen molar-refractivity contribution in [1.29, 1.82) is 0 Å². The highest BCUT2D eigenvalue weighted by Gasteiger charge is 2.45. The summed E-state index contributed by atoms with van der Waals surface area (Å²) in [5.74, 6) is 0. The maximum atomic E-state index is 12.4. The summed E-state index contributed by atoms with van der Waals surface area (Å²) in [4.78, 5) is 35.1. The fraction of sp³-hybridized carbons (Fsp3) is 0.778. The summed E-state index contributed by atoms with van der Waals surface area (Å²) in [6.07, 6.45) is -11.7. The lowest BCUT2D eigenvalue weighted by molar-refractivity contribution is -0.230. The topological polar surface area (TPSA) is 241 Å². The van der Waals surface area contributed by atoms with E-state index in [9.17, 15) is 49.7 Å². The number of hydrogen-bond acceptors (Lipinski definition) is 12. The Balaban J connectivity index is 1.51. The number of aromatic nitrogens is 2. The van der Waals surface area contributed by atoms with Crippen LogP contribution >= 0.6 is 7.60 Å². The standard InChI is InChI=1S/C18H29N2O13P/c21-6-9-13(24)15(26)12(23)8(32-9)2-1-5-34(29,30)31-7-10-14(25)16(27)17(33-10)20-4-3-11(22)19-18(20)28/h3-4,8-10,12-17,21,23-27H,1-2,5-7H2,(H,29,30)(H,19,22,28)/t8-,9-,10-,12+,13+,14-,15-,16-,17-/m1/s1. The van der Waals surface area contributed by atoms with Gasteiger partial charge in [-0.05, 0) is 12.8 Å². The average Bonchev–Trinajstić information content (AvgIpc) is 3.06. The Kier molecular flexibility index (Phi) is 8.81. The van der Waals surface area contributed by atoms with E-state index in [0.29, 0.717) is 0 Å². The van der Waals surface area contributed by atoms with Crippen molar-refractivity contribution >= 4 is 7.60 Å². The number of nitrogens with one attached hydrogen (secondary N) is 1. The number of aliphatic hydroxyl groups is 6. The third kappa shape index (κ3) is 6.01. The molecule has 2 fully saturated rings. The summed E-state index contributed by atoms with van der Waals surface area (Å²) in [5.41, 5.74) is -1.55. The van der Waals surface area contributed by atoms with Crippen LogP contribution in [-0.2, 0) is 18.6 Å². The van der Waals surface area contributed by atoms with Gasteiger partial charge in [0.25, 0.3) is 5.56 Å². The van der Waals surface area contributed by atoms with Crippen molar-refractivity contribution in [3.05, 3.63) is 33.1 Å². The first-order chi connectivity index (χ1) is 15.9. The van der Waals surface area contributed by atoms with Gasteiger partial charge in [0.1, 0.15) is 42.7 Å². The van der Waals surface area contributed by atoms with Crippen LogP contribution in [0.25, 0.3) is 0 Å². The Hall–Kier alpha value is -1.49. The van der Waals surface area contributed by atoms with Gasteiger partial charge < -0.3 is 49.5 Å². The molecule has 0 saturated carbocycles. The van der Waals surface area contributed by atoms with Gasteiger partial charge in [-0.2, -0.15) is 0 Å². The maximum absolute atomic E-state index is 12.4.